The highest BCUT2D eigenvalue weighted by molar-refractivity contribution is 7.99. The third kappa shape index (κ3) is 7.68. The van der Waals surface area contributed by atoms with E-state index in [4.69, 9.17) is 33.9 Å². The second-order valence-corrected chi connectivity index (χ2v) is 25.0. The lowest BCUT2D eigenvalue weighted by Crippen LogP contribution is -2.65. The van der Waals surface area contributed by atoms with Gasteiger partial charge in [0.2, 0.25) is 5.88 Å². The summed E-state index contributed by atoms with van der Waals surface area (Å²) in [6.07, 6.45) is 1.31. The van der Waals surface area contributed by atoms with Gasteiger partial charge in [-0.05, 0) is 86.0 Å². The summed E-state index contributed by atoms with van der Waals surface area (Å²) in [4.78, 5) is 32.8. The summed E-state index contributed by atoms with van der Waals surface area (Å²) in [5, 5.41) is 1.81. The molecular weight excluding hydrogens is 801 g/mol. The first-order valence-electron chi connectivity index (χ1n) is 21.4. The molecule has 7 rings (SSSR count). The van der Waals surface area contributed by atoms with Gasteiger partial charge in [0.1, 0.15) is 53.8 Å². The van der Waals surface area contributed by atoms with Gasteiger partial charge >= 0.3 is 6.09 Å². The van der Waals surface area contributed by atoms with Crippen molar-refractivity contribution in [3.63, 3.8) is 0 Å². The normalized spacial score (nSPS) is 20.1. The van der Waals surface area contributed by atoms with Gasteiger partial charge in [-0.1, -0.05) is 79.1 Å². The van der Waals surface area contributed by atoms with Gasteiger partial charge in [-0.3, -0.25) is 4.90 Å². The van der Waals surface area contributed by atoms with Crippen molar-refractivity contribution in [1.29, 1.82) is 0 Å². The quantitative estimate of drug-likeness (QED) is 0.0504. The van der Waals surface area contributed by atoms with Gasteiger partial charge in [0.05, 0.1) is 23.7 Å². The van der Waals surface area contributed by atoms with Gasteiger partial charge in [-0.25, -0.2) is 28.5 Å². The van der Waals surface area contributed by atoms with Gasteiger partial charge < -0.3 is 23.8 Å². The Balaban J connectivity index is 1.49. The molecule has 0 unspecified atom stereocenters. The Hall–Kier alpha value is -4.19. The lowest BCUT2D eigenvalue weighted by Gasteiger charge is -2.48. The highest BCUT2D eigenvalue weighted by atomic mass is 32.2. The summed E-state index contributed by atoms with van der Waals surface area (Å²) in [5.74, 6) is 3.92. The number of carbonyl (C=O) groups excluding carboxylic acids is 1. The maximum Gasteiger partial charge on any atom is 0.410 e. The molecule has 2 aromatic heterocycles. The fourth-order valence-electron chi connectivity index (χ4n) is 10.1. The van der Waals surface area contributed by atoms with Crippen molar-refractivity contribution in [2.75, 3.05) is 31.1 Å². The molecular formula is C46H59F2N5O5SSi. The number of anilines is 1. The zero-order valence-corrected chi connectivity index (χ0v) is 38.9. The molecule has 3 aliphatic rings. The van der Waals surface area contributed by atoms with Crippen LogP contribution in [0.5, 0.6) is 11.6 Å². The number of piperazine rings is 1. The average molecular weight is 860 g/mol. The number of methoxy groups -OCH3 is 1. The maximum atomic E-state index is 17.9. The number of hydrogen-bond donors (Lipinski definition) is 0. The Bertz CT molecular complexity index is 2340. The number of hydrogen-bond acceptors (Lipinski definition) is 10. The van der Waals surface area contributed by atoms with Crippen LogP contribution in [0, 0.1) is 23.1 Å². The number of aromatic nitrogens is 3. The molecule has 322 valence electrons. The van der Waals surface area contributed by atoms with Crippen LogP contribution in [0.2, 0.25) is 16.6 Å². The second-order valence-electron chi connectivity index (χ2n) is 18.1. The minimum Gasteiger partial charge on any atom is -0.471 e. The average Bonchev–Trinajstić information content (AvgIpc) is 3.43. The van der Waals surface area contributed by atoms with E-state index in [0.717, 1.165) is 12.8 Å². The van der Waals surface area contributed by atoms with Crippen molar-refractivity contribution in [1.82, 2.24) is 19.9 Å². The van der Waals surface area contributed by atoms with Crippen molar-refractivity contribution in [3.05, 3.63) is 41.5 Å². The molecule has 4 atom stereocenters. The maximum absolute atomic E-state index is 17.9. The summed E-state index contributed by atoms with van der Waals surface area (Å²) in [5.41, 5.74) is 4.43. The summed E-state index contributed by atoms with van der Waals surface area (Å²) in [6.45, 7) is 23.3. The third-order valence-corrected chi connectivity index (χ3v) is 19.5. The Morgan fingerprint density at radius 2 is 1.73 bits per heavy atom. The molecule has 60 heavy (non-hydrogen) atoms. The Morgan fingerprint density at radius 1 is 1.02 bits per heavy atom. The van der Waals surface area contributed by atoms with Crippen molar-refractivity contribution in [2.45, 2.75) is 147 Å². The van der Waals surface area contributed by atoms with Gasteiger partial charge in [0, 0.05) is 24.6 Å². The van der Waals surface area contributed by atoms with E-state index in [2.05, 4.69) is 57.9 Å². The first-order chi connectivity index (χ1) is 28.4. The monoisotopic (exact) mass is 859 g/mol. The minimum atomic E-state index is -2.32. The van der Waals surface area contributed by atoms with Crippen LogP contribution in [0.4, 0.5) is 19.4 Å². The molecule has 2 aromatic carbocycles. The lowest BCUT2D eigenvalue weighted by molar-refractivity contribution is -0.000582. The van der Waals surface area contributed by atoms with E-state index in [9.17, 15) is 4.79 Å². The number of ether oxygens (including phenoxy) is 4. The van der Waals surface area contributed by atoms with Crippen molar-refractivity contribution in [3.8, 4) is 34.4 Å². The number of nitrogens with zero attached hydrogens (tertiary/aromatic N) is 5. The van der Waals surface area contributed by atoms with Crippen LogP contribution in [0.25, 0.3) is 32.9 Å². The number of amides is 1. The first kappa shape index (κ1) is 43.9. The molecule has 2 fully saturated rings. The van der Waals surface area contributed by atoms with Crippen LogP contribution in [0.15, 0.2) is 29.4 Å². The Kier molecular flexibility index (Phi) is 12.4. The third-order valence-electron chi connectivity index (χ3n) is 12.5. The van der Waals surface area contributed by atoms with Gasteiger partial charge in [-0.2, -0.15) is 0 Å². The van der Waals surface area contributed by atoms with Crippen LogP contribution in [-0.2, 0) is 9.47 Å². The van der Waals surface area contributed by atoms with E-state index < -0.39 is 31.4 Å². The summed E-state index contributed by atoms with van der Waals surface area (Å²) in [7, 11) is -0.796. The minimum absolute atomic E-state index is 0.0552. The van der Waals surface area contributed by atoms with Gasteiger partial charge in [-0.15, -0.1) is 5.54 Å². The molecule has 0 saturated carbocycles. The van der Waals surface area contributed by atoms with E-state index in [-0.39, 0.29) is 53.7 Å². The van der Waals surface area contributed by atoms with Crippen molar-refractivity contribution in [2.24, 2.45) is 0 Å². The highest BCUT2D eigenvalue weighted by Gasteiger charge is 2.54. The highest BCUT2D eigenvalue weighted by Crippen LogP contribution is 2.48. The van der Waals surface area contributed by atoms with E-state index in [1.165, 1.54) is 24.9 Å². The predicted octanol–water partition coefficient (Wildman–Crippen LogP) is 10.9. The molecule has 0 aliphatic carbocycles. The fraction of sp³-hybridized carbons (Fsp3) is 0.565. The van der Waals surface area contributed by atoms with E-state index >= 15 is 8.78 Å². The SMILES string of the molecule is CCSc1nc2c3c(nc(-c4cc(OCOC)cc5ccc(F)c(C#C[Si](C(C)C)(C(C)C)C(C)C)c45)c(F)c3n1)O[C@@H](CC)[C@@H]1[C@@H]3CC[C@H](CN21)N3C(=O)OC(C)(C)C. The summed E-state index contributed by atoms with van der Waals surface area (Å²) in [6, 6.07) is 5.83. The van der Waals surface area contributed by atoms with E-state index in [1.807, 2.05) is 39.5 Å². The topological polar surface area (TPSA) is 99.1 Å². The van der Waals surface area contributed by atoms with Crippen LogP contribution >= 0.6 is 11.8 Å². The zero-order valence-electron chi connectivity index (χ0n) is 37.0. The molecule has 3 aliphatic heterocycles. The Labute approximate surface area is 358 Å². The lowest BCUT2D eigenvalue weighted by atomic mass is 9.95. The number of halogens is 2. The molecule has 1 amide bonds. The van der Waals surface area contributed by atoms with Crippen molar-refractivity contribution >= 4 is 53.4 Å². The molecule has 2 saturated heterocycles. The number of pyridine rings is 1. The number of rotatable bonds is 10. The molecule has 10 nitrogen and oxygen atoms in total. The predicted molar refractivity (Wildman–Crippen MR) is 238 cm³/mol. The fourth-order valence-corrected chi connectivity index (χ4v) is 15.9. The number of carbonyl (C=O) groups is 1. The second kappa shape index (κ2) is 16.9. The molecule has 5 heterocycles. The molecule has 0 N–H and O–H groups in total. The number of fused-ring (bicyclic) bond motifs is 6. The first-order valence-corrected chi connectivity index (χ1v) is 24.6. The molecule has 2 bridgehead atoms. The van der Waals surface area contributed by atoms with Crippen LogP contribution < -0.4 is 14.4 Å². The van der Waals surface area contributed by atoms with E-state index in [0.29, 0.717) is 73.8 Å². The zero-order chi connectivity index (χ0) is 43.4. The summed E-state index contributed by atoms with van der Waals surface area (Å²) >= 11 is 1.42. The standard InChI is InChI=1S/C46H59F2N5O5SSi/c1-13-35-41-34-18-16-29(53(34)45(54)58-46(9,10)11)23-52(41)42-37-40(50-44(51-42)59-14-2)38(48)39(49-43(37)57-35)32-22-30(56-24-55-12)21-28-15-17-33(47)31(36(28)32)19-20-60(25(3)4,26(5)6)27(7)8/h15,17,21-22,25-27,29,34-35,41H,13-14,16,18,23-24H2,1-12H3/t29-,34+,35+,41+/m1/s1. The number of benzene rings is 2. The largest absolute Gasteiger partial charge is 0.471 e. The Morgan fingerprint density at radius 3 is 2.37 bits per heavy atom. The summed E-state index contributed by atoms with van der Waals surface area (Å²) < 4.78 is 58.4. The van der Waals surface area contributed by atoms with Crippen LogP contribution in [0.1, 0.15) is 101 Å². The van der Waals surface area contributed by atoms with E-state index in [1.54, 1.807) is 18.2 Å². The van der Waals surface area contributed by atoms with Crippen LogP contribution in [-0.4, -0.2) is 90.0 Å². The molecule has 14 heteroatoms. The molecule has 0 radical (unpaired) electrons. The molecule has 0 spiro atoms. The van der Waals surface area contributed by atoms with Crippen molar-refractivity contribution < 1.29 is 32.5 Å². The smallest absolute Gasteiger partial charge is 0.410 e. The van der Waals surface area contributed by atoms with Crippen LogP contribution in [0.3, 0.4) is 0 Å². The molecule has 4 aromatic rings. The van der Waals surface area contributed by atoms with Gasteiger partial charge in [0.15, 0.2) is 17.8 Å². The van der Waals surface area contributed by atoms with Gasteiger partial charge in [0.25, 0.3) is 0 Å². The number of thioether (sulfide) groups is 1.